The smallest absolute Gasteiger partial charge is 0.249 e. The molecule has 5 nitrogen and oxygen atoms in total. The van der Waals surface area contributed by atoms with Crippen molar-refractivity contribution in [3.05, 3.63) is 90.2 Å². The van der Waals surface area contributed by atoms with Crippen LogP contribution in [0.15, 0.2) is 77.4 Å². The number of furan rings is 1. The largest absolute Gasteiger partial charge is 0.497 e. The predicted octanol–water partition coefficient (Wildman–Crippen LogP) is 5.01. The van der Waals surface area contributed by atoms with Gasteiger partial charge in [0.2, 0.25) is 5.91 Å². The van der Waals surface area contributed by atoms with Crippen molar-refractivity contribution in [3.63, 3.8) is 0 Å². The van der Waals surface area contributed by atoms with Gasteiger partial charge in [0.15, 0.2) is 0 Å². The number of nitrogens with two attached hydrogens (primary N) is 1. The van der Waals surface area contributed by atoms with Crippen molar-refractivity contribution in [2.75, 3.05) is 7.11 Å². The summed E-state index contributed by atoms with van der Waals surface area (Å²) in [6, 6.07) is 24.7. The lowest BCUT2D eigenvalue weighted by Crippen LogP contribution is -2.11. The van der Waals surface area contributed by atoms with Crippen LogP contribution in [0, 0.1) is 6.07 Å². The number of amides is 1. The van der Waals surface area contributed by atoms with Gasteiger partial charge in [-0.15, -0.1) is 0 Å². The van der Waals surface area contributed by atoms with Crippen LogP contribution in [0.3, 0.4) is 0 Å². The lowest BCUT2D eigenvalue weighted by Gasteiger charge is -2.09. The highest BCUT2D eigenvalue weighted by atomic mass is 16.5. The quantitative estimate of drug-likeness (QED) is 0.455. The number of methoxy groups -OCH3 is 1. The van der Waals surface area contributed by atoms with Gasteiger partial charge >= 0.3 is 0 Å². The Kier molecular flexibility index (Phi) is 4.29. The number of aromatic nitrogens is 1. The number of primary amides is 1. The predicted molar refractivity (Wildman–Crippen MR) is 117 cm³/mol. The zero-order valence-electron chi connectivity index (χ0n) is 16.4. The average molecular weight is 395 g/mol. The molecule has 1 amide bonds. The molecule has 0 aliphatic rings. The van der Waals surface area contributed by atoms with E-state index in [-0.39, 0.29) is 0 Å². The minimum Gasteiger partial charge on any atom is -0.497 e. The number of carbonyl (C=O) groups is 1. The molecule has 5 rings (SSSR count). The third-order valence-corrected chi connectivity index (χ3v) is 5.37. The number of benzene rings is 3. The van der Waals surface area contributed by atoms with Crippen molar-refractivity contribution in [3.8, 4) is 17.1 Å². The van der Waals surface area contributed by atoms with E-state index in [1.54, 1.807) is 19.4 Å². The summed E-state index contributed by atoms with van der Waals surface area (Å²) in [6.45, 7) is 0.627. The summed E-state index contributed by atoms with van der Waals surface area (Å²) >= 11 is 0. The number of rotatable bonds is 5. The second-order valence-electron chi connectivity index (χ2n) is 7.12. The summed E-state index contributed by atoms with van der Waals surface area (Å²) in [5, 5.41) is 1.68. The maximum absolute atomic E-state index is 12.1. The molecular formula is C25H19N2O3. The van der Waals surface area contributed by atoms with Crippen LogP contribution in [0.4, 0.5) is 0 Å². The van der Waals surface area contributed by atoms with Crippen LogP contribution < -0.4 is 10.5 Å². The Bertz CT molecular complexity index is 1360. The molecule has 2 N–H and O–H groups in total. The van der Waals surface area contributed by atoms with Gasteiger partial charge in [0.25, 0.3) is 0 Å². The van der Waals surface area contributed by atoms with Crippen molar-refractivity contribution in [2.45, 2.75) is 6.54 Å². The molecule has 2 heterocycles. The van der Waals surface area contributed by atoms with E-state index in [4.69, 9.17) is 14.9 Å². The van der Waals surface area contributed by atoms with Crippen LogP contribution in [0.5, 0.6) is 5.75 Å². The van der Waals surface area contributed by atoms with Crippen LogP contribution in [-0.2, 0) is 6.54 Å². The van der Waals surface area contributed by atoms with E-state index in [2.05, 4.69) is 16.7 Å². The van der Waals surface area contributed by atoms with Crippen molar-refractivity contribution in [2.24, 2.45) is 5.73 Å². The lowest BCUT2D eigenvalue weighted by molar-refractivity contribution is 0.100. The average Bonchev–Trinajstić information content (AvgIpc) is 3.41. The molecule has 5 aromatic rings. The number of carbonyl (C=O) groups excluding carboxylic acids is 1. The van der Waals surface area contributed by atoms with E-state index in [1.807, 2.05) is 54.6 Å². The van der Waals surface area contributed by atoms with Gasteiger partial charge in [-0.2, -0.15) is 0 Å². The summed E-state index contributed by atoms with van der Waals surface area (Å²) in [7, 11) is 1.65. The Morgan fingerprint density at radius 2 is 1.93 bits per heavy atom. The molecule has 2 aromatic heterocycles. The second kappa shape index (κ2) is 7.12. The van der Waals surface area contributed by atoms with Gasteiger partial charge in [0.1, 0.15) is 11.5 Å². The summed E-state index contributed by atoms with van der Waals surface area (Å²) in [5.41, 5.74) is 10.1. The molecule has 147 valence electrons. The number of hydrogen-bond acceptors (Lipinski definition) is 3. The highest BCUT2D eigenvalue weighted by Crippen LogP contribution is 2.35. The molecule has 5 heteroatoms. The van der Waals surface area contributed by atoms with E-state index in [1.165, 1.54) is 0 Å². The van der Waals surface area contributed by atoms with Crippen LogP contribution in [0.1, 0.15) is 15.9 Å². The van der Waals surface area contributed by atoms with Crippen molar-refractivity contribution in [1.29, 1.82) is 0 Å². The summed E-state index contributed by atoms with van der Waals surface area (Å²) in [6.07, 6.45) is 1.65. The van der Waals surface area contributed by atoms with E-state index in [9.17, 15) is 4.79 Å². The highest BCUT2D eigenvalue weighted by molar-refractivity contribution is 6.18. The molecule has 30 heavy (non-hydrogen) atoms. The highest BCUT2D eigenvalue weighted by Gasteiger charge is 2.18. The molecule has 0 bridgehead atoms. The molecular weight excluding hydrogens is 376 g/mol. The number of fused-ring (bicyclic) bond motifs is 3. The molecule has 3 aromatic carbocycles. The third-order valence-electron chi connectivity index (χ3n) is 5.37. The van der Waals surface area contributed by atoms with Gasteiger partial charge in [0.05, 0.1) is 24.4 Å². The maximum atomic E-state index is 12.1. The topological polar surface area (TPSA) is 70.4 Å². The van der Waals surface area contributed by atoms with E-state index >= 15 is 0 Å². The number of ether oxygens (including phenoxy) is 1. The standard InChI is InChI=1S/C25H19N2O3/c1-29-18-10-7-16(8-11-18)15-27-21-5-2-4-20(25(26)28)24(21)19-12-9-17(14-22(19)27)23-6-3-13-30-23/h2-11,13-14H,15H2,1H3,(H2,26,28). The number of hydrogen-bond donors (Lipinski definition) is 1. The van der Waals surface area contributed by atoms with E-state index in [0.717, 1.165) is 44.4 Å². The maximum Gasteiger partial charge on any atom is 0.249 e. The molecule has 0 spiro atoms. The van der Waals surface area contributed by atoms with Crippen LogP contribution in [0.2, 0.25) is 0 Å². The van der Waals surface area contributed by atoms with Crippen molar-refractivity contribution < 1.29 is 13.9 Å². The fourth-order valence-electron chi connectivity index (χ4n) is 3.93. The van der Waals surface area contributed by atoms with Gasteiger partial charge in [-0.3, -0.25) is 4.79 Å². The van der Waals surface area contributed by atoms with Gasteiger partial charge < -0.3 is 19.5 Å². The molecule has 0 saturated heterocycles. The number of nitrogens with zero attached hydrogens (tertiary/aromatic N) is 1. The van der Waals surface area contributed by atoms with Gasteiger partial charge in [-0.1, -0.05) is 18.2 Å². The molecule has 0 fully saturated rings. The van der Waals surface area contributed by atoms with Gasteiger partial charge in [-0.05, 0) is 60.2 Å². The summed E-state index contributed by atoms with van der Waals surface area (Å²) < 4.78 is 13.0. The first-order chi connectivity index (χ1) is 14.7. The molecule has 0 saturated carbocycles. The molecule has 0 unspecified atom stereocenters. The summed E-state index contributed by atoms with van der Waals surface area (Å²) in [4.78, 5) is 12.1. The SMILES string of the molecule is COc1ccc(Cn2c3cc(-c4ccco4)c[c]c3c3c(C(N)=O)cccc32)cc1. The Hall–Kier alpha value is -3.99. The molecule has 0 aliphatic heterocycles. The molecule has 0 atom stereocenters. The fraction of sp³-hybridized carbons (Fsp3) is 0.0800. The fourth-order valence-corrected chi connectivity index (χ4v) is 3.93. The Labute approximate surface area is 173 Å². The molecule has 1 radical (unpaired) electrons. The Morgan fingerprint density at radius 3 is 2.63 bits per heavy atom. The minimum atomic E-state index is -0.451. The van der Waals surface area contributed by atoms with Gasteiger partial charge in [-0.25, -0.2) is 0 Å². The van der Waals surface area contributed by atoms with Crippen LogP contribution >= 0.6 is 0 Å². The van der Waals surface area contributed by atoms with E-state index < -0.39 is 5.91 Å². The van der Waals surface area contributed by atoms with E-state index in [0.29, 0.717) is 12.1 Å². The zero-order valence-corrected chi connectivity index (χ0v) is 16.4. The summed E-state index contributed by atoms with van der Waals surface area (Å²) in [5.74, 6) is 1.13. The first kappa shape index (κ1) is 18.1. The second-order valence-corrected chi connectivity index (χ2v) is 7.12. The first-order valence-electron chi connectivity index (χ1n) is 9.59. The van der Waals surface area contributed by atoms with Crippen LogP contribution in [0.25, 0.3) is 33.1 Å². The third kappa shape index (κ3) is 2.92. The van der Waals surface area contributed by atoms with Crippen LogP contribution in [-0.4, -0.2) is 17.6 Å². The van der Waals surface area contributed by atoms with Gasteiger partial charge in [0, 0.05) is 28.4 Å². The normalized spacial score (nSPS) is 11.2. The monoisotopic (exact) mass is 395 g/mol. The lowest BCUT2D eigenvalue weighted by atomic mass is 10.0. The Balaban J connectivity index is 1.77. The molecule has 0 aliphatic carbocycles. The first-order valence-corrected chi connectivity index (χ1v) is 9.59. The minimum absolute atomic E-state index is 0.451. The van der Waals surface area contributed by atoms with Crippen molar-refractivity contribution >= 4 is 27.7 Å². The Morgan fingerprint density at radius 1 is 1.10 bits per heavy atom. The van der Waals surface area contributed by atoms with Crippen molar-refractivity contribution in [1.82, 2.24) is 4.57 Å². The zero-order chi connectivity index (χ0) is 20.7.